The van der Waals surface area contributed by atoms with E-state index >= 15 is 0 Å². The monoisotopic (exact) mass is 462 g/mol. The molecule has 2 amide bonds. The van der Waals surface area contributed by atoms with Gasteiger partial charge in [-0.15, -0.1) is 0 Å². The number of benzene rings is 1. The molecule has 2 fully saturated rings. The molecule has 4 heterocycles. The zero-order chi connectivity index (χ0) is 23.3. The molecule has 0 radical (unpaired) electrons. The minimum absolute atomic E-state index is 0.0501. The first-order chi connectivity index (χ1) is 16.7. The van der Waals surface area contributed by atoms with Crippen LogP contribution in [0.2, 0.25) is 0 Å². The van der Waals surface area contributed by atoms with Crippen molar-refractivity contribution < 1.29 is 19.1 Å². The van der Waals surface area contributed by atoms with Gasteiger partial charge in [0.25, 0.3) is 5.91 Å². The largest absolute Gasteiger partial charge is 0.491 e. The highest BCUT2D eigenvalue weighted by atomic mass is 16.5. The standard InChI is InChI=1S/C26H30N4O4/c31-25-8-4-11-28(25)14-16-34-24-7-2-1-6-22(24)26(32)29-13-15-33-19-20(18-29)17-21-5-3-12-30-23(21)9-10-27-30/h1-3,5-7,9-10,12,20H,4,8,11,13-19H2/t20-/m0/s1. The van der Waals surface area contributed by atoms with Crippen LogP contribution in [0.1, 0.15) is 28.8 Å². The Kier molecular flexibility index (Phi) is 6.76. The zero-order valence-corrected chi connectivity index (χ0v) is 19.3. The van der Waals surface area contributed by atoms with Crippen LogP contribution in [0.25, 0.3) is 5.52 Å². The van der Waals surface area contributed by atoms with E-state index < -0.39 is 0 Å². The molecular weight excluding hydrogens is 432 g/mol. The highest BCUT2D eigenvalue weighted by Gasteiger charge is 2.26. The smallest absolute Gasteiger partial charge is 0.257 e. The van der Waals surface area contributed by atoms with Crippen molar-refractivity contribution in [3.63, 3.8) is 0 Å². The molecule has 0 unspecified atom stereocenters. The van der Waals surface area contributed by atoms with Crippen LogP contribution < -0.4 is 4.74 Å². The van der Waals surface area contributed by atoms with E-state index in [4.69, 9.17) is 9.47 Å². The van der Waals surface area contributed by atoms with Gasteiger partial charge < -0.3 is 19.3 Å². The highest BCUT2D eigenvalue weighted by Crippen LogP contribution is 2.23. The van der Waals surface area contributed by atoms with Gasteiger partial charge in [0.05, 0.1) is 30.8 Å². The van der Waals surface area contributed by atoms with Crippen LogP contribution in [0.3, 0.4) is 0 Å². The quantitative estimate of drug-likeness (QED) is 0.540. The van der Waals surface area contributed by atoms with E-state index in [1.807, 2.05) is 56.9 Å². The average Bonchev–Trinajstić information content (AvgIpc) is 3.43. The molecule has 8 nitrogen and oxygen atoms in total. The Labute approximate surface area is 199 Å². The zero-order valence-electron chi connectivity index (χ0n) is 19.3. The normalized spacial score (nSPS) is 18.9. The summed E-state index contributed by atoms with van der Waals surface area (Å²) in [5, 5.41) is 4.32. The summed E-state index contributed by atoms with van der Waals surface area (Å²) < 4.78 is 13.7. The van der Waals surface area contributed by atoms with Crippen LogP contribution in [0.4, 0.5) is 0 Å². The number of carbonyl (C=O) groups excluding carboxylic acids is 2. The Morgan fingerprint density at radius 2 is 2.06 bits per heavy atom. The molecule has 3 aromatic rings. The first kappa shape index (κ1) is 22.4. The van der Waals surface area contributed by atoms with Crippen molar-refractivity contribution >= 4 is 17.3 Å². The molecule has 2 saturated heterocycles. The predicted octanol–water partition coefficient (Wildman–Crippen LogP) is 2.67. The maximum Gasteiger partial charge on any atom is 0.257 e. The van der Waals surface area contributed by atoms with Crippen molar-refractivity contribution in [3.8, 4) is 5.75 Å². The fourth-order valence-corrected chi connectivity index (χ4v) is 4.83. The number of rotatable bonds is 7. The summed E-state index contributed by atoms with van der Waals surface area (Å²) in [5.74, 6) is 0.868. The molecule has 34 heavy (non-hydrogen) atoms. The third-order valence-corrected chi connectivity index (χ3v) is 6.57. The van der Waals surface area contributed by atoms with Crippen LogP contribution in [-0.2, 0) is 16.0 Å². The van der Waals surface area contributed by atoms with E-state index in [2.05, 4.69) is 11.2 Å². The lowest BCUT2D eigenvalue weighted by Crippen LogP contribution is -2.36. The van der Waals surface area contributed by atoms with Crippen molar-refractivity contribution in [1.82, 2.24) is 19.4 Å². The molecule has 0 aliphatic carbocycles. The van der Waals surface area contributed by atoms with Crippen molar-refractivity contribution in [3.05, 3.63) is 66.0 Å². The topological polar surface area (TPSA) is 76.4 Å². The number of fused-ring (bicyclic) bond motifs is 1. The summed E-state index contributed by atoms with van der Waals surface area (Å²) in [7, 11) is 0. The van der Waals surface area contributed by atoms with Crippen molar-refractivity contribution in [2.75, 3.05) is 46.0 Å². The molecule has 2 aliphatic rings. The Morgan fingerprint density at radius 1 is 1.15 bits per heavy atom. The summed E-state index contributed by atoms with van der Waals surface area (Å²) in [6, 6.07) is 13.5. The van der Waals surface area contributed by atoms with Crippen LogP contribution in [0, 0.1) is 5.92 Å². The first-order valence-corrected chi connectivity index (χ1v) is 12.0. The van der Waals surface area contributed by atoms with Gasteiger partial charge in [-0.2, -0.15) is 5.10 Å². The SMILES string of the molecule is O=C1CCCN1CCOc1ccccc1C(=O)N1CCOC[C@@H](Cc2cccn3nccc23)C1. The van der Waals surface area contributed by atoms with Gasteiger partial charge >= 0.3 is 0 Å². The number of aromatic nitrogens is 2. The molecule has 5 rings (SSSR count). The van der Waals surface area contributed by atoms with E-state index in [1.165, 1.54) is 5.56 Å². The molecular formula is C26H30N4O4. The molecule has 8 heteroatoms. The fraction of sp³-hybridized carbons (Fsp3) is 0.423. The number of likely N-dealkylation sites (tertiary alicyclic amines) is 1. The minimum atomic E-state index is -0.0501. The van der Waals surface area contributed by atoms with Crippen molar-refractivity contribution in [2.24, 2.45) is 5.92 Å². The lowest BCUT2D eigenvalue weighted by Gasteiger charge is -2.25. The second-order valence-corrected chi connectivity index (χ2v) is 8.92. The molecule has 0 N–H and O–H groups in total. The predicted molar refractivity (Wildman–Crippen MR) is 127 cm³/mol. The summed E-state index contributed by atoms with van der Waals surface area (Å²) in [6.07, 6.45) is 6.07. The van der Waals surface area contributed by atoms with Crippen LogP contribution in [-0.4, -0.2) is 77.2 Å². The van der Waals surface area contributed by atoms with Gasteiger partial charge in [-0.05, 0) is 42.7 Å². The molecule has 0 spiro atoms. The third-order valence-electron chi connectivity index (χ3n) is 6.57. The Morgan fingerprint density at radius 3 is 2.94 bits per heavy atom. The van der Waals surface area contributed by atoms with Crippen molar-refractivity contribution in [1.29, 1.82) is 0 Å². The van der Waals surface area contributed by atoms with E-state index in [0.29, 0.717) is 57.2 Å². The van der Waals surface area contributed by atoms with Gasteiger partial charge in [-0.1, -0.05) is 18.2 Å². The van der Waals surface area contributed by atoms with Crippen LogP contribution in [0.5, 0.6) is 5.75 Å². The van der Waals surface area contributed by atoms with Crippen molar-refractivity contribution in [2.45, 2.75) is 19.3 Å². The van der Waals surface area contributed by atoms with E-state index in [9.17, 15) is 9.59 Å². The molecule has 1 aromatic carbocycles. The number of pyridine rings is 1. The average molecular weight is 463 g/mol. The Balaban J connectivity index is 1.26. The van der Waals surface area contributed by atoms with Gasteiger partial charge in [0.1, 0.15) is 12.4 Å². The number of nitrogens with zero attached hydrogens (tertiary/aromatic N) is 4. The minimum Gasteiger partial charge on any atom is -0.491 e. The van der Waals surface area contributed by atoms with E-state index in [1.54, 1.807) is 6.20 Å². The molecule has 178 valence electrons. The number of hydrogen-bond donors (Lipinski definition) is 0. The number of para-hydroxylation sites is 1. The summed E-state index contributed by atoms with van der Waals surface area (Å²) >= 11 is 0. The Hall–Kier alpha value is -3.39. The van der Waals surface area contributed by atoms with Gasteiger partial charge in [-0.3, -0.25) is 9.59 Å². The van der Waals surface area contributed by atoms with Gasteiger partial charge in [0.2, 0.25) is 5.91 Å². The number of hydrogen-bond acceptors (Lipinski definition) is 5. The molecule has 1 atom stereocenters. The van der Waals surface area contributed by atoms with Crippen LogP contribution in [0.15, 0.2) is 54.9 Å². The number of ether oxygens (including phenoxy) is 2. The third kappa shape index (κ3) is 4.92. The lowest BCUT2D eigenvalue weighted by atomic mass is 9.99. The molecule has 2 aliphatic heterocycles. The first-order valence-electron chi connectivity index (χ1n) is 12.0. The highest BCUT2D eigenvalue weighted by molar-refractivity contribution is 5.97. The van der Waals surface area contributed by atoms with Gasteiger partial charge in [-0.25, -0.2) is 4.52 Å². The van der Waals surface area contributed by atoms with Crippen LogP contribution >= 0.6 is 0 Å². The summed E-state index contributed by atoms with van der Waals surface area (Å²) in [6.45, 7) is 3.98. The number of carbonyl (C=O) groups is 2. The van der Waals surface area contributed by atoms with E-state index in [0.717, 1.165) is 24.9 Å². The van der Waals surface area contributed by atoms with Gasteiger partial charge in [0, 0.05) is 44.4 Å². The molecule has 0 saturated carbocycles. The maximum absolute atomic E-state index is 13.5. The second kappa shape index (κ2) is 10.3. The maximum atomic E-state index is 13.5. The summed E-state index contributed by atoms with van der Waals surface area (Å²) in [5.41, 5.74) is 2.83. The van der Waals surface area contributed by atoms with Gasteiger partial charge in [0.15, 0.2) is 0 Å². The fourth-order valence-electron chi connectivity index (χ4n) is 4.83. The molecule has 0 bridgehead atoms. The van der Waals surface area contributed by atoms with E-state index in [-0.39, 0.29) is 17.7 Å². The number of amides is 2. The molecule has 2 aromatic heterocycles. The lowest BCUT2D eigenvalue weighted by molar-refractivity contribution is -0.128. The Bertz CT molecular complexity index is 1160. The summed E-state index contributed by atoms with van der Waals surface area (Å²) in [4.78, 5) is 29.1. The second-order valence-electron chi connectivity index (χ2n) is 8.92.